The van der Waals surface area contributed by atoms with Gasteiger partial charge < -0.3 is 14.8 Å². The molecule has 4 rings (SSSR count). The number of rotatable bonds is 8. The zero-order valence-corrected chi connectivity index (χ0v) is 19.9. The molecule has 1 amide bonds. The molecule has 176 valence electrons. The van der Waals surface area contributed by atoms with Crippen molar-refractivity contribution in [3.63, 3.8) is 0 Å². The Morgan fingerprint density at radius 1 is 1.30 bits per heavy atom. The zero-order chi connectivity index (χ0) is 23.4. The molecular weight excluding hydrogens is 414 g/mol. The van der Waals surface area contributed by atoms with Crippen molar-refractivity contribution in [1.29, 1.82) is 0 Å². The number of nitrogens with one attached hydrogen (secondary N) is 1. The summed E-state index contributed by atoms with van der Waals surface area (Å²) in [5, 5.41) is 12.0. The molecule has 0 aromatic carbocycles. The van der Waals surface area contributed by atoms with Gasteiger partial charge in [-0.3, -0.25) is 9.88 Å². The Morgan fingerprint density at radius 3 is 2.91 bits per heavy atom. The van der Waals surface area contributed by atoms with Crippen LogP contribution in [0.3, 0.4) is 0 Å². The topological polar surface area (TPSA) is 82.8 Å². The Labute approximate surface area is 195 Å². The molecule has 0 spiro atoms. The molecule has 3 heterocycles. The minimum absolute atomic E-state index is 0.0937. The predicted molar refractivity (Wildman–Crippen MR) is 129 cm³/mol. The molecule has 2 N–H and O–H groups in total. The average molecular weight is 450 g/mol. The smallest absolute Gasteiger partial charge is 0.404 e. The number of imidazole rings is 1. The number of carboxylic acid groups (broad SMARTS) is 1. The lowest BCUT2D eigenvalue weighted by atomic mass is 9.84. The first-order chi connectivity index (χ1) is 15.8. The number of nitrogens with zero attached hydrogens (tertiary/aromatic N) is 4. The summed E-state index contributed by atoms with van der Waals surface area (Å²) in [4.78, 5) is 23.4. The van der Waals surface area contributed by atoms with Crippen LogP contribution < -0.4 is 5.32 Å². The highest BCUT2D eigenvalue weighted by molar-refractivity contribution is 5.64. The molecule has 1 aliphatic rings. The quantitative estimate of drug-likeness (QED) is 0.502. The molecule has 3 aromatic rings. The highest BCUT2D eigenvalue weighted by Gasteiger charge is 2.29. The first-order valence-corrected chi connectivity index (χ1v) is 11.9. The van der Waals surface area contributed by atoms with Crippen LogP contribution in [0, 0.1) is 5.41 Å². The first-order valence-electron chi connectivity index (χ1n) is 11.9. The van der Waals surface area contributed by atoms with E-state index in [0.29, 0.717) is 0 Å². The molecular formula is C26H35N5O2. The lowest BCUT2D eigenvalue weighted by Gasteiger charge is -2.36. The van der Waals surface area contributed by atoms with E-state index in [9.17, 15) is 9.90 Å². The SMILES string of the molecule is CC(C)(C)C(CCCN(Cc1cn2ccccc2n1)C1CCCc2cccnc21)NC(=O)O. The molecule has 0 bridgehead atoms. The summed E-state index contributed by atoms with van der Waals surface area (Å²) in [7, 11) is 0. The fourth-order valence-corrected chi connectivity index (χ4v) is 4.93. The number of aromatic nitrogens is 3. The van der Waals surface area contributed by atoms with Crippen molar-refractivity contribution < 1.29 is 9.90 Å². The van der Waals surface area contributed by atoms with Crippen LogP contribution in [-0.2, 0) is 13.0 Å². The van der Waals surface area contributed by atoms with Gasteiger partial charge in [-0.25, -0.2) is 9.78 Å². The van der Waals surface area contributed by atoms with E-state index in [1.165, 1.54) is 11.3 Å². The summed E-state index contributed by atoms with van der Waals surface area (Å²) < 4.78 is 2.06. The van der Waals surface area contributed by atoms with Gasteiger partial charge in [-0.1, -0.05) is 32.9 Å². The van der Waals surface area contributed by atoms with Crippen molar-refractivity contribution >= 4 is 11.7 Å². The third kappa shape index (κ3) is 5.71. The van der Waals surface area contributed by atoms with Gasteiger partial charge in [0.1, 0.15) is 5.65 Å². The number of amides is 1. The Balaban J connectivity index is 1.54. The van der Waals surface area contributed by atoms with E-state index >= 15 is 0 Å². The normalized spacial score (nSPS) is 17.2. The van der Waals surface area contributed by atoms with Gasteiger partial charge in [-0.05, 0) is 67.8 Å². The molecule has 3 aromatic heterocycles. The number of aryl methyl sites for hydroxylation is 1. The molecule has 0 saturated heterocycles. The van der Waals surface area contributed by atoms with Crippen LogP contribution in [0.15, 0.2) is 48.9 Å². The number of fused-ring (bicyclic) bond motifs is 2. The summed E-state index contributed by atoms with van der Waals surface area (Å²) in [5.41, 5.74) is 4.38. The Bertz CT molecular complexity index is 1050. The van der Waals surface area contributed by atoms with Crippen LogP contribution in [0.2, 0.25) is 0 Å². The molecule has 0 saturated carbocycles. The minimum Gasteiger partial charge on any atom is -0.465 e. The van der Waals surface area contributed by atoms with E-state index in [0.717, 1.165) is 56.5 Å². The molecule has 2 unspecified atom stereocenters. The molecule has 2 atom stereocenters. The lowest BCUT2D eigenvalue weighted by molar-refractivity contribution is 0.147. The second-order valence-electron chi connectivity index (χ2n) is 10.1. The number of carbonyl (C=O) groups is 1. The maximum atomic E-state index is 11.3. The number of hydrogen-bond acceptors (Lipinski definition) is 4. The summed E-state index contributed by atoms with van der Waals surface area (Å²) in [5.74, 6) is 0. The summed E-state index contributed by atoms with van der Waals surface area (Å²) in [6, 6.07) is 10.4. The molecule has 0 radical (unpaired) electrons. The van der Waals surface area contributed by atoms with E-state index in [1.54, 1.807) is 0 Å². The largest absolute Gasteiger partial charge is 0.465 e. The van der Waals surface area contributed by atoms with Gasteiger partial charge in [0.15, 0.2) is 0 Å². The number of pyridine rings is 2. The molecule has 7 heteroatoms. The Hall–Kier alpha value is -2.93. The lowest BCUT2D eigenvalue weighted by Crippen LogP contribution is -2.43. The highest BCUT2D eigenvalue weighted by Crippen LogP contribution is 2.34. The van der Waals surface area contributed by atoms with Crippen molar-refractivity contribution in [1.82, 2.24) is 24.6 Å². The predicted octanol–water partition coefficient (Wildman–Crippen LogP) is 5.07. The maximum Gasteiger partial charge on any atom is 0.404 e. The van der Waals surface area contributed by atoms with Gasteiger partial charge in [-0.2, -0.15) is 0 Å². The van der Waals surface area contributed by atoms with Crippen LogP contribution in [0.1, 0.15) is 69.4 Å². The minimum atomic E-state index is -0.957. The molecule has 7 nitrogen and oxygen atoms in total. The van der Waals surface area contributed by atoms with E-state index in [-0.39, 0.29) is 17.5 Å². The molecule has 1 aliphatic carbocycles. The van der Waals surface area contributed by atoms with Crippen LogP contribution in [0.25, 0.3) is 5.65 Å². The third-order valence-electron chi connectivity index (χ3n) is 6.67. The number of hydrogen-bond donors (Lipinski definition) is 2. The van der Waals surface area contributed by atoms with E-state index < -0.39 is 6.09 Å². The van der Waals surface area contributed by atoms with Crippen molar-refractivity contribution in [2.75, 3.05) is 6.54 Å². The van der Waals surface area contributed by atoms with E-state index in [4.69, 9.17) is 9.97 Å². The second kappa shape index (κ2) is 9.91. The zero-order valence-electron chi connectivity index (χ0n) is 19.9. The monoisotopic (exact) mass is 449 g/mol. The fourth-order valence-electron chi connectivity index (χ4n) is 4.93. The average Bonchev–Trinajstić information content (AvgIpc) is 3.19. The second-order valence-corrected chi connectivity index (χ2v) is 10.1. The van der Waals surface area contributed by atoms with Crippen LogP contribution in [0.5, 0.6) is 0 Å². The van der Waals surface area contributed by atoms with Crippen LogP contribution in [0.4, 0.5) is 4.79 Å². The first kappa shape index (κ1) is 23.2. The van der Waals surface area contributed by atoms with Crippen LogP contribution >= 0.6 is 0 Å². The van der Waals surface area contributed by atoms with E-state index in [1.807, 2.05) is 36.7 Å². The van der Waals surface area contributed by atoms with Gasteiger partial charge in [0.05, 0.1) is 17.4 Å². The third-order valence-corrected chi connectivity index (χ3v) is 6.67. The van der Waals surface area contributed by atoms with Gasteiger partial charge in [-0.15, -0.1) is 0 Å². The van der Waals surface area contributed by atoms with Gasteiger partial charge >= 0.3 is 6.09 Å². The highest BCUT2D eigenvalue weighted by atomic mass is 16.4. The van der Waals surface area contributed by atoms with Gasteiger partial charge in [0, 0.05) is 31.2 Å². The maximum absolute atomic E-state index is 11.3. The Kier molecular flexibility index (Phi) is 6.98. The standard InChI is InChI=1S/C26H35N5O2/c1-26(2,3)22(29-25(32)33)12-8-16-30(17-20-18-31-15-5-4-13-23(31)28-20)21-11-6-9-19-10-7-14-27-24(19)21/h4-5,7,10,13-15,18,21-22,29H,6,8-9,11-12,16-17H2,1-3H3,(H,32,33). The van der Waals surface area contributed by atoms with Crippen molar-refractivity contribution in [3.05, 3.63) is 65.9 Å². The van der Waals surface area contributed by atoms with Crippen molar-refractivity contribution in [2.45, 2.75) is 71.5 Å². The Morgan fingerprint density at radius 2 is 2.15 bits per heavy atom. The summed E-state index contributed by atoms with van der Waals surface area (Å²) >= 11 is 0. The van der Waals surface area contributed by atoms with Crippen LogP contribution in [-0.4, -0.2) is 43.1 Å². The van der Waals surface area contributed by atoms with E-state index in [2.05, 4.69) is 47.7 Å². The summed E-state index contributed by atoms with van der Waals surface area (Å²) in [6.45, 7) is 7.87. The fraction of sp³-hybridized carbons (Fsp3) is 0.500. The van der Waals surface area contributed by atoms with Crippen molar-refractivity contribution in [2.24, 2.45) is 5.41 Å². The molecule has 0 aliphatic heterocycles. The van der Waals surface area contributed by atoms with Crippen molar-refractivity contribution in [3.8, 4) is 0 Å². The molecule has 0 fully saturated rings. The van der Waals surface area contributed by atoms with Gasteiger partial charge in [0.2, 0.25) is 0 Å². The molecule has 33 heavy (non-hydrogen) atoms. The van der Waals surface area contributed by atoms with Gasteiger partial charge in [0.25, 0.3) is 0 Å². The summed E-state index contributed by atoms with van der Waals surface area (Å²) in [6.07, 6.45) is 10.1.